The molecule has 2 rings (SSSR count). The SMILES string of the molecule is CC(C)CC1Cn2cnnc2CN1. The second-order valence-electron chi connectivity index (χ2n) is 4.11. The Morgan fingerprint density at radius 3 is 3.31 bits per heavy atom. The van der Waals surface area contributed by atoms with E-state index in [1.807, 2.05) is 6.33 Å². The molecular formula is C9H16N4. The number of hydrogen-bond acceptors (Lipinski definition) is 3. The Balaban J connectivity index is 2.00. The molecule has 0 saturated carbocycles. The van der Waals surface area contributed by atoms with Gasteiger partial charge in [-0.3, -0.25) is 0 Å². The molecule has 13 heavy (non-hydrogen) atoms. The summed E-state index contributed by atoms with van der Waals surface area (Å²) >= 11 is 0. The van der Waals surface area contributed by atoms with Gasteiger partial charge in [-0.1, -0.05) is 13.8 Å². The van der Waals surface area contributed by atoms with Gasteiger partial charge in [-0.25, -0.2) is 0 Å². The smallest absolute Gasteiger partial charge is 0.146 e. The lowest BCUT2D eigenvalue weighted by atomic mass is 10.0. The summed E-state index contributed by atoms with van der Waals surface area (Å²) in [5.74, 6) is 1.80. The van der Waals surface area contributed by atoms with E-state index in [0.717, 1.165) is 24.8 Å². The molecule has 72 valence electrons. The Kier molecular flexibility index (Phi) is 2.31. The number of nitrogens with zero attached hydrogens (tertiary/aromatic N) is 3. The van der Waals surface area contributed by atoms with Crippen LogP contribution < -0.4 is 5.32 Å². The molecule has 0 saturated heterocycles. The monoisotopic (exact) mass is 180 g/mol. The minimum Gasteiger partial charge on any atom is -0.315 e. The van der Waals surface area contributed by atoms with Crippen molar-refractivity contribution < 1.29 is 0 Å². The predicted molar refractivity (Wildman–Crippen MR) is 50.1 cm³/mol. The third kappa shape index (κ3) is 1.88. The zero-order chi connectivity index (χ0) is 9.26. The molecule has 1 N–H and O–H groups in total. The summed E-state index contributed by atoms with van der Waals surface area (Å²) in [5, 5.41) is 11.4. The fraction of sp³-hybridized carbons (Fsp3) is 0.778. The molecular weight excluding hydrogens is 164 g/mol. The van der Waals surface area contributed by atoms with E-state index in [0.29, 0.717) is 6.04 Å². The fourth-order valence-electron chi connectivity index (χ4n) is 1.83. The van der Waals surface area contributed by atoms with Crippen LogP contribution in [-0.4, -0.2) is 20.8 Å². The van der Waals surface area contributed by atoms with Gasteiger partial charge in [0.05, 0.1) is 6.54 Å². The highest BCUT2D eigenvalue weighted by Gasteiger charge is 2.18. The molecule has 4 heteroatoms. The van der Waals surface area contributed by atoms with Crippen LogP contribution in [0.15, 0.2) is 6.33 Å². The Labute approximate surface area is 78.4 Å². The van der Waals surface area contributed by atoms with E-state index in [4.69, 9.17) is 0 Å². The first kappa shape index (κ1) is 8.69. The average molecular weight is 180 g/mol. The van der Waals surface area contributed by atoms with Gasteiger partial charge in [0.15, 0.2) is 0 Å². The van der Waals surface area contributed by atoms with Crippen LogP contribution in [0.2, 0.25) is 0 Å². The van der Waals surface area contributed by atoms with Crippen LogP contribution in [0.5, 0.6) is 0 Å². The van der Waals surface area contributed by atoms with Crippen LogP contribution in [0.4, 0.5) is 0 Å². The number of fused-ring (bicyclic) bond motifs is 1. The van der Waals surface area contributed by atoms with Gasteiger partial charge in [-0.15, -0.1) is 10.2 Å². The molecule has 1 aliphatic heterocycles. The first-order valence-corrected chi connectivity index (χ1v) is 4.86. The van der Waals surface area contributed by atoms with Crippen LogP contribution in [0.1, 0.15) is 26.1 Å². The molecule has 2 heterocycles. The molecule has 0 amide bonds. The van der Waals surface area contributed by atoms with Crippen molar-refractivity contribution >= 4 is 0 Å². The van der Waals surface area contributed by atoms with Crippen LogP contribution in [0, 0.1) is 5.92 Å². The normalized spacial score (nSPS) is 21.9. The number of aromatic nitrogens is 3. The lowest BCUT2D eigenvalue weighted by molar-refractivity contribution is 0.335. The third-order valence-corrected chi connectivity index (χ3v) is 2.42. The van der Waals surface area contributed by atoms with E-state index in [1.54, 1.807) is 0 Å². The highest BCUT2D eigenvalue weighted by atomic mass is 15.3. The standard InChI is InChI=1S/C9H16N4/c1-7(2)3-8-5-13-6-11-12-9(13)4-10-8/h6-8,10H,3-5H2,1-2H3. The Morgan fingerprint density at radius 2 is 2.54 bits per heavy atom. The van der Waals surface area contributed by atoms with Crippen molar-refractivity contribution in [2.45, 2.75) is 39.4 Å². The minimum atomic E-state index is 0.587. The van der Waals surface area contributed by atoms with Crippen molar-refractivity contribution in [3.8, 4) is 0 Å². The summed E-state index contributed by atoms with van der Waals surface area (Å²) in [7, 11) is 0. The molecule has 0 bridgehead atoms. The van der Waals surface area contributed by atoms with Gasteiger partial charge in [-0.05, 0) is 12.3 Å². The quantitative estimate of drug-likeness (QED) is 0.732. The Morgan fingerprint density at radius 1 is 1.69 bits per heavy atom. The molecule has 0 fully saturated rings. The molecule has 1 aromatic rings. The van der Waals surface area contributed by atoms with Gasteiger partial charge in [0.1, 0.15) is 12.2 Å². The van der Waals surface area contributed by atoms with Crippen molar-refractivity contribution in [3.63, 3.8) is 0 Å². The van der Waals surface area contributed by atoms with Gasteiger partial charge in [0, 0.05) is 12.6 Å². The summed E-state index contributed by atoms with van der Waals surface area (Å²) in [5.41, 5.74) is 0. The summed E-state index contributed by atoms with van der Waals surface area (Å²) in [6.45, 7) is 6.38. The van der Waals surface area contributed by atoms with E-state index in [9.17, 15) is 0 Å². The van der Waals surface area contributed by atoms with Crippen LogP contribution in [0.3, 0.4) is 0 Å². The fourth-order valence-corrected chi connectivity index (χ4v) is 1.83. The zero-order valence-corrected chi connectivity index (χ0v) is 8.20. The van der Waals surface area contributed by atoms with Crippen molar-refractivity contribution in [2.75, 3.05) is 0 Å². The summed E-state index contributed by atoms with van der Waals surface area (Å²) < 4.78 is 2.14. The van der Waals surface area contributed by atoms with Crippen molar-refractivity contribution in [2.24, 2.45) is 5.92 Å². The molecule has 1 aromatic heterocycles. The Hall–Kier alpha value is -0.900. The van der Waals surface area contributed by atoms with Crippen molar-refractivity contribution in [1.29, 1.82) is 0 Å². The van der Waals surface area contributed by atoms with E-state index in [1.165, 1.54) is 6.42 Å². The van der Waals surface area contributed by atoms with E-state index in [-0.39, 0.29) is 0 Å². The number of rotatable bonds is 2. The van der Waals surface area contributed by atoms with E-state index < -0.39 is 0 Å². The molecule has 0 aliphatic carbocycles. The molecule has 0 radical (unpaired) electrons. The predicted octanol–water partition coefficient (Wildman–Crippen LogP) is 0.796. The Bertz CT molecular complexity index is 279. The lowest BCUT2D eigenvalue weighted by Crippen LogP contribution is -2.39. The second kappa shape index (κ2) is 3.46. The topological polar surface area (TPSA) is 42.7 Å². The summed E-state index contributed by atoms with van der Waals surface area (Å²) in [6.07, 6.45) is 3.04. The molecule has 4 nitrogen and oxygen atoms in total. The van der Waals surface area contributed by atoms with Gasteiger partial charge in [0.2, 0.25) is 0 Å². The maximum Gasteiger partial charge on any atom is 0.146 e. The third-order valence-electron chi connectivity index (χ3n) is 2.42. The minimum absolute atomic E-state index is 0.587. The maximum absolute atomic E-state index is 4.02. The highest BCUT2D eigenvalue weighted by Crippen LogP contribution is 2.12. The molecule has 1 unspecified atom stereocenters. The first-order valence-electron chi connectivity index (χ1n) is 4.86. The maximum atomic E-state index is 4.02. The highest BCUT2D eigenvalue weighted by molar-refractivity contribution is 4.91. The van der Waals surface area contributed by atoms with Gasteiger partial charge in [0.25, 0.3) is 0 Å². The summed E-state index contributed by atoms with van der Waals surface area (Å²) in [6, 6.07) is 0.587. The van der Waals surface area contributed by atoms with Crippen molar-refractivity contribution in [1.82, 2.24) is 20.1 Å². The van der Waals surface area contributed by atoms with E-state index in [2.05, 4.69) is 33.9 Å². The first-order chi connectivity index (χ1) is 6.25. The van der Waals surface area contributed by atoms with Gasteiger partial charge < -0.3 is 9.88 Å². The summed E-state index contributed by atoms with van der Waals surface area (Å²) in [4.78, 5) is 0. The molecule has 1 atom stereocenters. The molecule has 0 aromatic carbocycles. The lowest BCUT2D eigenvalue weighted by Gasteiger charge is -2.25. The van der Waals surface area contributed by atoms with Crippen LogP contribution >= 0.6 is 0 Å². The largest absolute Gasteiger partial charge is 0.315 e. The number of nitrogens with one attached hydrogen (secondary N) is 1. The van der Waals surface area contributed by atoms with Crippen LogP contribution in [0.25, 0.3) is 0 Å². The molecule has 0 spiro atoms. The average Bonchev–Trinajstić information content (AvgIpc) is 2.49. The number of hydrogen-bond donors (Lipinski definition) is 1. The van der Waals surface area contributed by atoms with Crippen LogP contribution in [-0.2, 0) is 13.1 Å². The van der Waals surface area contributed by atoms with Gasteiger partial charge in [-0.2, -0.15) is 0 Å². The van der Waals surface area contributed by atoms with Gasteiger partial charge >= 0.3 is 0 Å². The van der Waals surface area contributed by atoms with Crippen molar-refractivity contribution in [3.05, 3.63) is 12.2 Å². The molecule has 1 aliphatic rings. The van der Waals surface area contributed by atoms with E-state index >= 15 is 0 Å². The zero-order valence-electron chi connectivity index (χ0n) is 8.20. The second-order valence-corrected chi connectivity index (χ2v) is 4.11.